The largest absolute Gasteiger partial charge is 0.453 e. The fourth-order valence-corrected chi connectivity index (χ4v) is 10.3. The molecule has 0 unspecified atom stereocenters. The molecule has 0 amide bonds. The highest BCUT2D eigenvalue weighted by atomic mass is 16.5. The fraction of sp³-hybridized carbons (Fsp3) is 0.0526. The Bertz CT molecular complexity index is 3010. The number of hydrogen-bond acceptors (Lipinski definition) is 2. The van der Waals surface area contributed by atoms with Crippen LogP contribution in [0.2, 0.25) is 0 Å². The van der Waals surface area contributed by atoms with Gasteiger partial charge in [0.05, 0.1) is 16.8 Å². The van der Waals surface area contributed by atoms with E-state index in [0.717, 1.165) is 50.8 Å². The first-order valence-corrected chi connectivity index (χ1v) is 20.5. The van der Waals surface area contributed by atoms with Gasteiger partial charge in [0.2, 0.25) is 0 Å². The number of aryl methyl sites for hydroxylation is 2. The third-order valence-electron chi connectivity index (χ3n) is 12.9. The Morgan fingerprint density at radius 1 is 0.322 bits per heavy atom. The molecular weight excluding hydrogens is 715 g/mol. The lowest BCUT2D eigenvalue weighted by atomic mass is 9.70. The summed E-state index contributed by atoms with van der Waals surface area (Å²) in [4.78, 5) is 2.39. The molecule has 0 saturated heterocycles. The molecule has 0 aromatic heterocycles. The molecule has 0 radical (unpaired) electrons. The highest BCUT2D eigenvalue weighted by Gasteiger charge is 2.51. The molecule has 1 spiro atoms. The van der Waals surface area contributed by atoms with Gasteiger partial charge in [0.1, 0.15) is 0 Å². The van der Waals surface area contributed by atoms with Gasteiger partial charge in [-0.25, -0.2) is 0 Å². The van der Waals surface area contributed by atoms with Crippen molar-refractivity contribution in [2.75, 3.05) is 4.90 Å². The van der Waals surface area contributed by atoms with Gasteiger partial charge in [0, 0.05) is 5.69 Å². The van der Waals surface area contributed by atoms with Crippen molar-refractivity contribution in [3.63, 3.8) is 0 Å². The topological polar surface area (TPSA) is 12.5 Å². The predicted octanol–water partition coefficient (Wildman–Crippen LogP) is 15.2. The Hall–Kier alpha value is -7.42. The summed E-state index contributed by atoms with van der Waals surface area (Å²) in [6.45, 7) is 4.51. The molecule has 0 bridgehead atoms. The van der Waals surface area contributed by atoms with E-state index in [0.29, 0.717) is 0 Å². The molecule has 0 fully saturated rings. The minimum atomic E-state index is -0.379. The molecule has 0 N–H and O–H groups in total. The van der Waals surface area contributed by atoms with Crippen LogP contribution in [0.5, 0.6) is 11.5 Å². The van der Waals surface area contributed by atoms with Crippen molar-refractivity contribution in [1.29, 1.82) is 0 Å². The second-order valence-electron chi connectivity index (χ2n) is 16.1. The summed E-state index contributed by atoms with van der Waals surface area (Å²) in [6.07, 6.45) is 0. The van der Waals surface area contributed by atoms with Gasteiger partial charge >= 0.3 is 0 Å². The fourth-order valence-electron chi connectivity index (χ4n) is 10.3. The van der Waals surface area contributed by atoms with Crippen molar-refractivity contribution in [3.8, 4) is 67.1 Å². The molecule has 2 nitrogen and oxygen atoms in total. The van der Waals surface area contributed by atoms with Crippen LogP contribution in [0.3, 0.4) is 0 Å². The number of nitrogens with zero attached hydrogens (tertiary/aromatic N) is 1. The average molecular weight is 754 g/mol. The van der Waals surface area contributed by atoms with Crippen LogP contribution in [-0.4, -0.2) is 0 Å². The second kappa shape index (κ2) is 12.8. The lowest BCUT2D eigenvalue weighted by Crippen LogP contribution is -2.25. The highest BCUT2D eigenvalue weighted by Crippen LogP contribution is 2.63. The summed E-state index contributed by atoms with van der Waals surface area (Å²) in [7, 11) is 0. The van der Waals surface area contributed by atoms with Crippen LogP contribution < -0.4 is 9.64 Å². The summed E-state index contributed by atoms with van der Waals surface area (Å²) in [5, 5.41) is 0. The molecule has 2 heteroatoms. The summed E-state index contributed by atoms with van der Waals surface area (Å²) in [6, 6.07) is 73.3. The van der Waals surface area contributed by atoms with Gasteiger partial charge in [-0.05, 0) is 145 Å². The second-order valence-corrected chi connectivity index (χ2v) is 16.1. The normalized spacial score (nSPS) is 13.5. The van der Waals surface area contributed by atoms with Gasteiger partial charge in [0.25, 0.3) is 0 Å². The molecule has 12 rings (SSSR count). The first kappa shape index (κ1) is 33.7. The molecule has 3 aliphatic rings. The molecule has 0 atom stereocenters. The Morgan fingerprint density at radius 3 is 1.31 bits per heavy atom. The maximum atomic E-state index is 6.84. The van der Waals surface area contributed by atoms with Crippen molar-refractivity contribution in [3.05, 3.63) is 234 Å². The molecule has 2 aliphatic carbocycles. The third-order valence-corrected chi connectivity index (χ3v) is 12.9. The zero-order valence-corrected chi connectivity index (χ0v) is 32.9. The Morgan fingerprint density at radius 2 is 0.780 bits per heavy atom. The molecular formula is C57H39NO. The lowest BCUT2D eigenvalue weighted by Gasteiger charge is -2.35. The van der Waals surface area contributed by atoms with Crippen LogP contribution in [0.1, 0.15) is 33.4 Å². The third kappa shape index (κ3) is 4.87. The summed E-state index contributed by atoms with van der Waals surface area (Å²) < 4.78 is 6.84. The van der Waals surface area contributed by atoms with E-state index in [4.69, 9.17) is 4.74 Å². The zero-order chi connectivity index (χ0) is 39.2. The standard InChI is InChI=1S/C57H39NO/c1-36-32-54(58-52-29-26-40(38-15-5-3-6-16-38)34-55(52)59-56-35-41(27-30-53(56)58)39-17-7-4-8-18-39)37(2)31-47(36)42-25-28-46-45-21-11-14-24-50(45)57(51(46)33-42)48-22-12-9-19-43(48)44-20-10-13-23-49(44)57/h3-35H,1-2H3. The number of benzene rings is 9. The van der Waals surface area contributed by atoms with Gasteiger partial charge in [-0.1, -0.05) is 158 Å². The van der Waals surface area contributed by atoms with Crippen LogP contribution >= 0.6 is 0 Å². The summed E-state index contributed by atoms with van der Waals surface area (Å²) >= 11 is 0. The van der Waals surface area contributed by atoms with E-state index >= 15 is 0 Å². The molecule has 59 heavy (non-hydrogen) atoms. The maximum absolute atomic E-state index is 6.84. The van der Waals surface area contributed by atoms with Crippen LogP contribution in [0.4, 0.5) is 17.1 Å². The average Bonchev–Trinajstić information content (AvgIpc) is 3.76. The van der Waals surface area contributed by atoms with E-state index in [9.17, 15) is 0 Å². The Kier molecular flexibility index (Phi) is 7.31. The SMILES string of the molecule is Cc1cc(N2c3ccc(-c4ccccc4)cc3Oc3cc(-c4ccccc4)ccc32)c(C)cc1-c1ccc2c(c1)C1(c3ccccc3-c3ccccc31)c1ccccc1-2. The molecule has 1 heterocycles. The molecule has 9 aromatic rings. The first-order valence-electron chi connectivity index (χ1n) is 20.5. The van der Waals surface area contributed by atoms with E-state index in [1.54, 1.807) is 0 Å². The predicted molar refractivity (Wildman–Crippen MR) is 243 cm³/mol. The van der Waals surface area contributed by atoms with E-state index < -0.39 is 0 Å². The minimum absolute atomic E-state index is 0.379. The number of rotatable bonds is 4. The monoisotopic (exact) mass is 753 g/mol. The van der Waals surface area contributed by atoms with Gasteiger partial charge in [-0.2, -0.15) is 0 Å². The highest BCUT2D eigenvalue weighted by molar-refractivity contribution is 5.97. The van der Waals surface area contributed by atoms with Crippen molar-refractivity contribution in [2.45, 2.75) is 19.3 Å². The van der Waals surface area contributed by atoms with Crippen LogP contribution in [0, 0.1) is 13.8 Å². The van der Waals surface area contributed by atoms with Crippen molar-refractivity contribution in [1.82, 2.24) is 0 Å². The van der Waals surface area contributed by atoms with Crippen LogP contribution in [-0.2, 0) is 5.41 Å². The minimum Gasteiger partial charge on any atom is -0.453 e. The first-order chi connectivity index (χ1) is 29.1. The molecule has 278 valence electrons. The van der Waals surface area contributed by atoms with E-state index in [1.807, 2.05) is 0 Å². The lowest BCUT2D eigenvalue weighted by molar-refractivity contribution is 0.477. The molecule has 0 saturated carbocycles. The quantitative estimate of drug-likeness (QED) is 0.177. The van der Waals surface area contributed by atoms with Crippen LogP contribution in [0.25, 0.3) is 55.6 Å². The Balaban J connectivity index is 1.02. The molecule has 9 aromatic carbocycles. The molecule has 1 aliphatic heterocycles. The van der Waals surface area contributed by atoms with E-state index in [2.05, 4.69) is 219 Å². The van der Waals surface area contributed by atoms with Crippen LogP contribution in [0.15, 0.2) is 200 Å². The van der Waals surface area contributed by atoms with E-state index in [-0.39, 0.29) is 5.41 Å². The van der Waals surface area contributed by atoms with Gasteiger partial charge in [-0.3, -0.25) is 0 Å². The van der Waals surface area contributed by atoms with Crippen molar-refractivity contribution in [2.24, 2.45) is 0 Å². The van der Waals surface area contributed by atoms with Gasteiger partial charge in [-0.15, -0.1) is 0 Å². The maximum Gasteiger partial charge on any atom is 0.152 e. The van der Waals surface area contributed by atoms with Crippen molar-refractivity contribution >= 4 is 17.1 Å². The number of ether oxygens (including phenoxy) is 1. The van der Waals surface area contributed by atoms with Crippen molar-refractivity contribution < 1.29 is 4.74 Å². The Labute approximate surface area is 345 Å². The smallest absolute Gasteiger partial charge is 0.152 e. The summed E-state index contributed by atoms with van der Waals surface area (Å²) in [5.41, 5.74) is 23.0. The van der Waals surface area contributed by atoms with Gasteiger partial charge in [0.15, 0.2) is 11.5 Å². The van der Waals surface area contributed by atoms with Gasteiger partial charge < -0.3 is 9.64 Å². The number of hydrogen-bond donors (Lipinski definition) is 0. The number of anilines is 3. The number of fused-ring (bicyclic) bond motifs is 12. The summed E-state index contributed by atoms with van der Waals surface area (Å²) in [5.74, 6) is 1.68. The zero-order valence-electron chi connectivity index (χ0n) is 32.9. The van der Waals surface area contributed by atoms with E-state index in [1.165, 1.54) is 66.8 Å².